The van der Waals surface area contributed by atoms with Crippen LogP contribution in [-0.2, 0) is 24.8 Å². The van der Waals surface area contributed by atoms with Crippen LogP contribution in [-0.4, -0.2) is 46.5 Å². The molecule has 1 aliphatic heterocycles. The lowest BCUT2D eigenvalue weighted by atomic mass is 10.0. The van der Waals surface area contributed by atoms with Crippen molar-refractivity contribution in [2.24, 2.45) is 7.05 Å². The molecule has 0 unspecified atom stereocenters. The van der Waals surface area contributed by atoms with E-state index in [0.717, 1.165) is 44.6 Å². The summed E-state index contributed by atoms with van der Waals surface area (Å²) in [5.41, 5.74) is 2.43. The highest BCUT2D eigenvalue weighted by Crippen LogP contribution is 2.13. The summed E-state index contributed by atoms with van der Waals surface area (Å²) < 4.78 is 6.91. The van der Waals surface area contributed by atoms with Gasteiger partial charge in [0.25, 0.3) is 0 Å². The normalized spacial score (nSPS) is 16.2. The molecule has 0 spiro atoms. The number of hydrogen-bond acceptors (Lipinski definition) is 4. The highest BCUT2D eigenvalue weighted by Gasteiger charge is 2.23. The number of ether oxygens (including phenoxy) is 1. The minimum absolute atomic E-state index is 0.184. The molecule has 0 atom stereocenters. The predicted molar refractivity (Wildman–Crippen MR) is 81.0 cm³/mol. The highest BCUT2D eigenvalue weighted by atomic mass is 16.6. The van der Waals surface area contributed by atoms with Crippen molar-refractivity contribution in [3.63, 3.8) is 0 Å². The number of carbonyl (C=O) groups is 1. The molecule has 21 heavy (non-hydrogen) atoms. The molecule has 6 heteroatoms. The number of likely N-dealkylation sites (tertiary alicyclic amines) is 1. The number of aryl methyl sites for hydroxylation is 2. The number of carbonyl (C=O) groups excluding carboxylic acids is 1. The van der Waals surface area contributed by atoms with Crippen molar-refractivity contribution in [3.8, 4) is 0 Å². The van der Waals surface area contributed by atoms with Gasteiger partial charge in [0.05, 0.1) is 12.3 Å². The van der Waals surface area contributed by atoms with Gasteiger partial charge in [-0.3, -0.25) is 4.68 Å². The van der Waals surface area contributed by atoms with E-state index in [1.165, 1.54) is 5.56 Å². The Kier molecular flexibility index (Phi) is 5.61. The van der Waals surface area contributed by atoms with Crippen molar-refractivity contribution < 1.29 is 9.53 Å². The van der Waals surface area contributed by atoms with Gasteiger partial charge in [0.1, 0.15) is 0 Å². The van der Waals surface area contributed by atoms with Gasteiger partial charge in [-0.2, -0.15) is 5.10 Å². The second kappa shape index (κ2) is 7.45. The summed E-state index contributed by atoms with van der Waals surface area (Å²) in [7, 11) is 1.96. The van der Waals surface area contributed by atoms with Crippen molar-refractivity contribution >= 4 is 6.09 Å². The number of hydrogen-bond donors (Lipinski definition) is 1. The lowest BCUT2D eigenvalue weighted by molar-refractivity contribution is 0.0950. The number of amides is 1. The molecule has 0 saturated carbocycles. The molecular formula is C15H26N4O2. The zero-order valence-electron chi connectivity index (χ0n) is 13.3. The van der Waals surface area contributed by atoms with Crippen LogP contribution in [0.15, 0.2) is 6.20 Å². The summed E-state index contributed by atoms with van der Waals surface area (Å²) in [6.07, 6.45) is 4.80. The van der Waals surface area contributed by atoms with E-state index in [0.29, 0.717) is 12.6 Å². The first-order valence-corrected chi connectivity index (χ1v) is 7.80. The lowest BCUT2D eigenvalue weighted by Gasteiger charge is -2.31. The van der Waals surface area contributed by atoms with Crippen molar-refractivity contribution in [3.05, 3.63) is 17.5 Å². The molecule has 6 nitrogen and oxygen atoms in total. The Labute approximate surface area is 126 Å². The first-order valence-electron chi connectivity index (χ1n) is 7.80. The summed E-state index contributed by atoms with van der Waals surface area (Å²) in [6.45, 7) is 6.79. The van der Waals surface area contributed by atoms with E-state index in [4.69, 9.17) is 4.74 Å². The average molecular weight is 294 g/mol. The fourth-order valence-corrected chi connectivity index (χ4v) is 2.76. The molecule has 1 saturated heterocycles. The quantitative estimate of drug-likeness (QED) is 0.898. The molecule has 1 aliphatic rings. The summed E-state index contributed by atoms with van der Waals surface area (Å²) in [4.78, 5) is 13.4. The van der Waals surface area contributed by atoms with Gasteiger partial charge in [-0.15, -0.1) is 0 Å². The van der Waals surface area contributed by atoms with E-state index in [1.54, 1.807) is 4.90 Å². The van der Waals surface area contributed by atoms with Crippen LogP contribution < -0.4 is 5.32 Å². The van der Waals surface area contributed by atoms with Crippen molar-refractivity contribution in [1.82, 2.24) is 20.0 Å². The molecule has 0 aliphatic carbocycles. The minimum Gasteiger partial charge on any atom is -0.450 e. The molecule has 1 aromatic heterocycles. The van der Waals surface area contributed by atoms with Gasteiger partial charge in [0.2, 0.25) is 0 Å². The molecule has 2 rings (SSSR count). The minimum atomic E-state index is -0.184. The van der Waals surface area contributed by atoms with E-state index in [-0.39, 0.29) is 6.09 Å². The van der Waals surface area contributed by atoms with Gasteiger partial charge < -0.3 is 15.0 Å². The molecule has 2 heterocycles. The molecule has 0 aromatic carbocycles. The first-order chi connectivity index (χ1) is 10.1. The van der Waals surface area contributed by atoms with E-state index >= 15 is 0 Å². The van der Waals surface area contributed by atoms with Crippen molar-refractivity contribution in [2.75, 3.05) is 19.7 Å². The van der Waals surface area contributed by atoms with Crippen LogP contribution in [0.3, 0.4) is 0 Å². The molecule has 118 valence electrons. The Balaban J connectivity index is 1.77. The van der Waals surface area contributed by atoms with Crippen molar-refractivity contribution in [2.45, 2.75) is 45.7 Å². The van der Waals surface area contributed by atoms with E-state index in [9.17, 15) is 4.79 Å². The van der Waals surface area contributed by atoms with Crippen LogP contribution in [0.5, 0.6) is 0 Å². The Bertz CT molecular complexity index is 464. The number of piperidine rings is 1. The number of rotatable bonds is 5. The molecule has 0 bridgehead atoms. The Morgan fingerprint density at radius 3 is 2.76 bits per heavy atom. The zero-order chi connectivity index (χ0) is 15.2. The SMILES string of the molecule is CCOC(=O)N1CCC(NCc2cn(C)nc2CC)CC1. The lowest BCUT2D eigenvalue weighted by Crippen LogP contribution is -2.44. The molecule has 0 radical (unpaired) electrons. The van der Waals surface area contributed by atoms with Gasteiger partial charge in [0.15, 0.2) is 0 Å². The van der Waals surface area contributed by atoms with Crippen LogP contribution in [0, 0.1) is 0 Å². The molecular weight excluding hydrogens is 268 g/mol. The Hall–Kier alpha value is -1.56. The monoisotopic (exact) mass is 294 g/mol. The second-order valence-corrected chi connectivity index (χ2v) is 5.47. The zero-order valence-corrected chi connectivity index (χ0v) is 13.3. The van der Waals surface area contributed by atoms with Gasteiger partial charge >= 0.3 is 6.09 Å². The third-order valence-corrected chi connectivity index (χ3v) is 3.93. The fraction of sp³-hybridized carbons (Fsp3) is 0.733. The summed E-state index contributed by atoms with van der Waals surface area (Å²) in [5.74, 6) is 0. The summed E-state index contributed by atoms with van der Waals surface area (Å²) >= 11 is 0. The van der Waals surface area contributed by atoms with Crippen LogP contribution in [0.1, 0.15) is 37.9 Å². The third kappa shape index (κ3) is 4.20. The van der Waals surface area contributed by atoms with Gasteiger partial charge in [0, 0.05) is 44.5 Å². The van der Waals surface area contributed by atoms with Gasteiger partial charge in [-0.1, -0.05) is 6.92 Å². The van der Waals surface area contributed by atoms with Crippen molar-refractivity contribution in [1.29, 1.82) is 0 Å². The maximum atomic E-state index is 11.6. The smallest absolute Gasteiger partial charge is 0.409 e. The standard InChI is InChI=1S/C15H26N4O2/c1-4-14-12(11-18(3)17-14)10-16-13-6-8-19(9-7-13)15(20)21-5-2/h11,13,16H,4-10H2,1-3H3. The maximum Gasteiger partial charge on any atom is 0.409 e. The predicted octanol–water partition coefficient (Wildman–Crippen LogP) is 1.69. The van der Waals surface area contributed by atoms with Crippen LogP contribution in [0.25, 0.3) is 0 Å². The largest absolute Gasteiger partial charge is 0.450 e. The molecule has 1 N–H and O–H groups in total. The number of nitrogens with one attached hydrogen (secondary N) is 1. The summed E-state index contributed by atoms with van der Waals surface area (Å²) in [5, 5.41) is 8.04. The van der Waals surface area contributed by atoms with Crippen LogP contribution in [0.4, 0.5) is 4.79 Å². The Morgan fingerprint density at radius 1 is 1.43 bits per heavy atom. The number of nitrogens with zero attached hydrogens (tertiary/aromatic N) is 3. The molecule has 1 fully saturated rings. The van der Waals surface area contributed by atoms with E-state index in [1.807, 2.05) is 18.7 Å². The molecule has 1 amide bonds. The maximum absolute atomic E-state index is 11.6. The fourth-order valence-electron chi connectivity index (χ4n) is 2.76. The van der Waals surface area contributed by atoms with Crippen LogP contribution >= 0.6 is 0 Å². The average Bonchev–Trinajstić information content (AvgIpc) is 2.86. The topological polar surface area (TPSA) is 59.4 Å². The molecule has 1 aromatic rings. The number of aromatic nitrogens is 2. The van der Waals surface area contributed by atoms with Gasteiger partial charge in [-0.05, 0) is 26.2 Å². The van der Waals surface area contributed by atoms with Gasteiger partial charge in [-0.25, -0.2) is 4.79 Å². The summed E-state index contributed by atoms with van der Waals surface area (Å²) in [6, 6.07) is 0.459. The highest BCUT2D eigenvalue weighted by molar-refractivity contribution is 5.67. The third-order valence-electron chi connectivity index (χ3n) is 3.93. The second-order valence-electron chi connectivity index (χ2n) is 5.47. The first kappa shape index (κ1) is 15.8. The Morgan fingerprint density at radius 2 is 2.14 bits per heavy atom. The van der Waals surface area contributed by atoms with E-state index < -0.39 is 0 Å². The van der Waals surface area contributed by atoms with E-state index in [2.05, 4.69) is 23.5 Å². The van der Waals surface area contributed by atoms with Crippen LogP contribution in [0.2, 0.25) is 0 Å².